The van der Waals surface area contributed by atoms with E-state index in [-0.39, 0.29) is 12.3 Å². The normalized spacial score (nSPS) is 15.9. The van der Waals surface area contributed by atoms with Gasteiger partial charge in [0.15, 0.2) is 0 Å². The van der Waals surface area contributed by atoms with Crippen molar-refractivity contribution in [1.82, 2.24) is 4.98 Å². The van der Waals surface area contributed by atoms with Crippen molar-refractivity contribution < 1.29 is 9.90 Å². The number of aromatic nitrogens is 1. The molecule has 1 heterocycles. The highest BCUT2D eigenvalue weighted by molar-refractivity contribution is 7.09. The molecule has 3 rings (SSSR count). The van der Waals surface area contributed by atoms with Gasteiger partial charge >= 0.3 is 5.97 Å². The summed E-state index contributed by atoms with van der Waals surface area (Å²) in [6.07, 6.45) is 8.42. The van der Waals surface area contributed by atoms with Crippen LogP contribution in [0, 0.1) is 5.92 Å². The number of benzene rings is 1. The number of nitrogens with one attached hydrogen (secondary N) is 1. The van der Waals surface area contributed by atoms with Crippen LogP contribution >= 0.6 is 11.3 Å². The largest absolute Gasteiger partial charge is 0.481 e. The molecule has 0 radical (unpaired) electrons. The Bertz CT molecular complexity index is 801. The van der Waals surface area contributed by atoms with Crippen LogP contribution in [0.25, 0.3) is 0 Å². The predicted molar refractivity (Wildman–Crippen MR) is 126 cm³/mol. The molecule has 30 heavy (non-hydrogen) atoms. The van der Waals surface area contributed by atoms with Crippen molar-refractivity contribution in [3.8, 4) is 0 Å². The molecule has 0 bridgehead atoms. The second-order valence-corrected chi connectivity index (χ2v) is 9.87. The molecule has 6 heteroatoms. The van der Waals surface area contributed by atoms with Gasteiger partial charge in [0.05, 0.1) is 13.0 Å². The van der Waals surface area contributed by atoms with E-state index in [2.05, 4.69) is 47.2 Å². The highest BCUT2D eigenvalue weighted by atomic mass is 32.1. The Morgan fingerprint density at radius 2 is 2.03 bits per heavy atom. The molecule has 1 fully saturated rings. The molecule has 5 nitrogen and oxygen atoms in total. The van der Waals surface area contributed by atoms with Gasteiger partial charge in [-0.2, -0.15) is 0 Å². The molecule has 0 amide bonds. The molecule has 1 saturated carbocycles. The van der Waals surface area contributed by atoms with Gasteiger partial charge in [-0.3, -0.25) is 4.79 Å². The molecule has 1 unspecified atom stereocenters. The van der Waals surface area contributed by atoms with Gasteiger partial charge in [0, 0.05) is 35.5 Å². The zero-order chi connectivity index (χ0) is 21.5. The number of hydrogen-bond acceptors (Lipinski definition) is 5. The smallest absolute Gasteiger partial charge is 0.303 e. The van der Waals surface area contributed by atoms with Gasteiger partial charge in [0.1, 0.15) is 5.01 Å². The van der Waals surface area contributed by atoms with Crippen LogP contribution in [-0.2, 0) is 11.3 Å². The van der Waals surface area contributed by atoms with Crippen LogP contribution in [-0.4, -0.2) is 28.6 Å². The Balaban J connectivity index is 1.90. The SMILES string of the molecule is CC(C)CN(c1ccc(C(C)CC(=O)O)c(NCc2nccs2)c1)C1CCCCC1. The summed E-state index contributed by atoms with van der Waals surface area (Å²) in [6.45, 7) is 8.24. The zero-order valence-electron chi connectivity index (χ0n) is 18.4. The summed E-state index contributed by atoms with van der Waals surface area (Å²) in [7, 11) is 0. The van der Waals surface area contributed by atoms with Gasteiger partial charge in [-0.15, -0.1) is 11.3 Å². The van der Waals surface area contributed by atoms with Crippen molar-refractivity contribution in [1.29, 1.82) is 0 Å². The van der Waals surface area contributed by atoms with E-state index in [1.807, 2.05) is 18.5 Å². The van der Waals surface area contributed by atoms with Crippen molar-refractivity contribution in [3.05, 3.63) is 40.3 Å². The molecule has 1 aromatic carbocycles. The summed E-state index contributed by atoms with van der Waals surface area (Å²) in [6, 6.07) is 7.15. The number of carboxylic acids is 1. The molecular weight excluding hydrogens is 394 g/mol. The first-order valence-electron chi connectivity index (χ1n) is 11.2. The number of rotatable bonds is 10. The van der Waals surface area contributed by atoms with Crippen LogP contribution in [0.2, 0.25) is 0 Å². The molecule has 2 N–H and O–H groups in total. The average Bonchev–Trinajstić information content (AvgIpc) is 3.24. The third-order valence-corrected chi connectivity index (χ3v) is 6.65. The summed E-state index contributed by atoms with van der Waals surface area (Å²) in [5.74, 6) is -0.228. The van der Waals surface area contributed by atoms with Crippen LogP contribution in [0.4, 0.5) is 11.4 Å². The first-order valence-corrected chi connectivity index (χ1v) is 12.1. The van der Waals surface area contributed by atoms with Crippen LogP contribution in [0.1, 0.15) is 75.8 Å². The minimum atomic E-state index is -0.763. The van der Waals surface area contributed by atoms with Crippen LogP contribution in [0.5, 0.6) is 0 Å². The van der Waals surface area contributed by atoms with Crippen molar-refractivity contribution in [3.63, 3.8) is 0 Å². The fraction of sp³-hybridized carbons (Fsp3) is 0.583. The molecule has 164 valence electrons. The quantitative estimate of drug-likeness (QED) is 0.476. The zero-order valence-corrected chi connectivity index (χ0v) is 19.3. The Morgan fingerprint density at radius 1 is 1.27 bits per heavy atom. The van der Waals surface area contributed by atoms with E-state index < -0.39 is 5.97 Å². The van der Waals surface area contributed by atoms with Gasteiger partial charge in [0.2, 0.25) is 0 Å². The summed E-state index contributed by atoms with van der Waals surface area (Å²) < 4.78 is 0. The lowest BCUT2D eigenvalue weighted by atomic mass is 9.92. The summed E-state index contributed by atoms with van der Waals surface area (Å²) in [5, 5.41) is 15.9. The second kappa shape index (κ2) is 10.8. The van der Waals surface area contributed by atoms with Crippen LogP contribution in [0.3, 0.4) is 0 Å². The summed E-state index contributed by atoms with van der Waals surface area (Å²) in [5.41, 5.74) is 3.33. The molecule has 1 aliphatic carbocycles. The van der Waals surface area contributed by atoms with E-state index in [4.69, 9.17) is 0 Å². The molecular formula is C24H35N3O2S. The third-order valence-electron chi connectivity index (χ3n) is 5.87. The molecule has 1 aliphatic rings. The van der Waals surface area contributed by atoms with Gasteiger partial charge in [0.25, 0.3) is 0 Å². The number of carboxylic acid groups (broad SMARTS) is 1. The number of nitrogens with zero attached hydrogens (tertiary/aromatic N) is 2. The second-order valence-electron chi connectivity index (χ2n) is 8.89. The highest BCUT2D eigenvalue weighted by Gasteiger charge is 2.24. The summed E-state index contributed by atoms with van der Waals surface area (Å²) >= 11 is 1.63. The lowest BCUT2D eigenvalue weighted by Crippen LogP contribution is -2.39. The van der Waals surface area contributed by atoms with Crippen LogP contribution < -0.4 is 10.2 Å². The van der Waals surface area contributed by atoms with Gasteiger partial charge < -0.3 is 15.3 Å². The Morgan fingerprint density at radius 3 is 2.67 bits per heavy atom. The highest BCUT2D eigenvalue weighted by Crippen LogP contribution is 2.34. The minimum Gasteiger partial charge on any atom is -0.481 e. The first kappa shape index (κ1) is 22.6. The fourth-order valence-electron chi connectivity index (χ4n) is 4.44. The van der Waals surface area contributed by atoms with Crippen molar-refractivity contribution in [2.45, 2.75) is 77.8 Å². The third kappa shape index (κ3) is 6.21. The number of aliphatic carboxylic acids is 1. The van der Waals surface area contributed by atoms with Gasteiger partial charge in [-0.25, -0.2) is 4.98 Å². The average molecular weight is 430 g/mol. The minimum absolute atomic E-state index is 0.0522. The lowest BCUT2D eigenvalue weighted by molar-refractivity contribution is -0.137. The monoisotopic (exact) mass is 429 g/mol. The Hall–Kier alpha value is -2.08. The molecule has 0 aliphatic heterocycles. The molecule has 1 aromatic heterocycles. The molecule has 0 spiro atoms. The molecule has 1 atom stereocenters. The number of carbonyl (C=O) groups is 1. The Labute approximate surface area is 184 Å². The van der Waals surface area contributed by atoms with Crippen molar-refractivity contribution in [2.75, 3.05) is 16.8 Å². The number of thiazole rings is 1. The van der Waals surface area contributed by atoms with E-state index in [1.54, 1.807) is 11.3 Å². The maximum atomic E-state index is 11.3. The first-order chi connectivity index (χ1) is 14.4. The molecule has 2 aromatic rings. The van der Waals surface area contributed by atoms with Crippen LogP contribution in [0.15, 0.2) is 29.8 Å². The predicted octanol–water partition coefficient (Wildman–Crippen LogP) is 6.13. The van der Waals surface area contributed by atoms with E-state index in [9.17, 15) is 9.90 Å². The van der Waals surface area contributed by atoms with E-state index >= 15 is 0 Å². The lowest BCUT2D eigenvalue weighted by Gasteiger charge is -2.38. The standard InChI is InChI=1S/C24H35N3O2S/c1-17(2)16-27(19-7-5-4-6-8-19)20-9-10-21(18(3)13-24(28)29)22(14-20)26-15-23-25-11-12-30-23/h9-12,14,17-19,26H,4-8,13,15-16H2,1-3H3,(H,28,29). The van der Waals surface area contributed by atoms with Crippen molar-refractivity contribution in [2.24, 2.45) is 5.92 Å². The fourth-order valence-corrected chi connectivity index (χ4v) is 5.00. The van der Waals surface area contributed by atoms with E-state index in [0.29, 0.717) is 18.5 Å². The maximum Gasteiger partial charge on any atom is 0.303 e. The number of anilines is 2. The number of hydrogen-bond donors (Lipinski definition) is 2. The summed E-state index contributed by atoms with van der Waals surface area (Å²) in [4.78, 5) is 18.3. The van der Waals surface area contributed by atoms with E-state index in [1.165, 1.54) is 37.8 Å². The van der Waals surface area contributed by atoms with E-state index in [0.717, 1.165) is 22.8 Å². The Kier molecular flexibility index (Phi) is 8.14. The van der Waals surface area contributed by atoms with Crippen molar-refractivity contribution >= 4 is 28.7 Å². The maximum absolute atomic E-state index is 11.3. The molecule has 0 saturated heterocycles. The van der Waals surface area contributed by atoms with Gasteiger partial charge in [-0.05, 0) is 42.4 Å². The topological polar surface area (TPSA) is 65.5 Å². The van der Waals surface area contributed by atoms with Gasteiger partial charge in [-0.1, -0.05) is 46.1 Å².